The molecule has 0 saturated heterocycles. The zero-order valence-corrected chi connectivity index (χ0v) is 11.4. The Bertz CT molecular complexity index is 143. The fourth-order valence-corrected chi connectivity index (χ4v) is 2.40. The summed E-state index contributed by atoms with van der Waals surface area (Å²) >= 11 is 0. The molecule has 1 nitrogen and oxygen atoms in total. The van der Waals surface area contributed by atoms with Crippen LogP contribution >= 0.6 is 0 Å². The van der Waals surface area contributed by atoms with Gasteiger partial charge in [-0.25, -0.2) is 0 Å². The highest BCUT2D eigenvalue weighted by molar-refractivity contribution is 6.48. The van der Waals surface area contributed by atoms with Crippen molar-refractivity contribution in [2.45, 2.75) is 65.1 Å². The maximum Gasteiger partial charge on any atom is 0.171 e. The molecule has 0 rings (SSSR count). The van der Waals surface area contributed by atoms with Crippen molar-refractivity contribution >= 4 is 9.04 Å². The molecule has 0 aromatic carbocycles. The summed E-state index contributed by atoms with van der Waals surface area (Å²) in [5.41, 5.74) is 0. The Morgan fingerprint density at radius 3 is 2.50 bits per heavy atom. The maximum absolute atomic E-state index is 5.73. The van der Waals surface area contributed by atoms with E-state index in [2.05, 4.69) is 39.1 Å². The summed E-state index contributed by atoms with van der Waals surface area (Å²) in [6.07, 6.45) is 11.4. The Balaban J connectivity index is 3.33. The highest BCUT2D eigenvalue weighted by Gasteiger charge is 1.99. The average molecular weight is 214 g/mol. The van der Waals surface area contributed by atoms with Crippen molar-refractivity contribution in [3.05, 3.63) is 12.2 Å². The lowest BCUT2D eigenvalue weighted by atomic mass is 10.1. The largest absolute Gasteiger partial charge is 0.415 e. The fraction of sp³-hybridized carbons (Fsp3) is 0.833. The van der Waals surface area contributed by atoms with Crippen molar-refractivity contribution in [1.82, 2.24) is 0 Å². The molecule has 1 unspecified atom stereocenters. The topological polar surface area (TPSA) is 9.23 Å². The van der Waals surface area contributed by atoms with E-state index in [0.29, 0.717) is 6.10 Å². The van der Waals surface area contributed by atoms with Gasteiger partial charge < -0.3 is 4.43 Å². The smallest absolute Gasteiger partial charge is 0.171 e. The molecule has 84 valence electrons. The number of hydrogen-bond donors (Lipinski definition) is 0. The van der Waals surface area contributed by atoms with Gasteiger partial charge >= 0.3 is 0 Å². The van der Waals surface area contributed by atoms with Crippen molar-refractivity contribution in [2.24, 2.45) is 0 Å². The summed E-state index contributed by atoms with van der Waals surface area (Å²) < 4.78 is 5.73. The van der Waals surface area contributed by atoms with E-state index in [1.54, 1.807) is 0 Å². The Morgan fingerprint density at radius 2 is 1.93 bits per heavy atom. The predicted molar refractivity (Wildman–Crippen MR) is 67.3 cm³/mol. The molecule has 0 N–H and O–H groups in total. The van der Waals surface area contributed by atoms with Gasteiger partial charge in [-0.1, -0.05) is 38.3 Å². The zero-order valence-electron chi connectivity index (χ0n) is 10.3. The Hall–Kier alpha value is -0.0831. The second-order valence-electron chi connectivity index (χ2n) is 4.17. The van der Waals surface area contributed by atoms with Crippen LogP contribution in [0.4, 0.5) is 0 Å². The van der Waals surface area contributed by atoms with E-state index in [4.69, 9.17) is 4.43 Å². The quantitative estimate of drug-likeness (QED) is 0.338. The molecule has 14 heavy (non-hydrogen) atoms. The summed E-state index contributed by atoms with van der Waals surface area (Å²) in [7, 11) is -0.850. The standard InChI is InChI=1S/C12H26OSi/c1-5-6-7-8-9-10-11-12(2)13-14(3)4/h10-12,14H,5-9H2,1-4H3. The summed E-state index contributed by atoms with van der Waals surface area (Å²) in [5.74, 6) is 0. The SMILES string of the molecule is CCCCCCC=CC(C)O[SiH](C)C. The van der Waals surface area contributed by atoms with Gasteiger partial charge in [0.1, 0.15) is 0 Å². The molecule has 0 bridgehead atoms. The molecule has 0 aliphatic heterocycles. The van der Waals surface area contributed by atoms with Crippen LogP contribution in [0, 0.1) is 0 Å². The minimum atomic E-state index is -0.850. The first-order chi connectivity index (χ1) is 6.66. The van der Waals surface area contributed by atoms with Gasteiger partial charge in [0.25, 0.3) is 0 Å². The molecule has 0 aliphatic rings. The summed E-state index contributed by atoms with van der Waals surface area (Å²) in [6, 6.07) is 0. The molecule has 0 amide bonds. The van der Waals surface area contributed by atoms with E-state index in [0.717, 1.165) is 0 Å². The third-order valence-corrected chi connectivity index (χ3v) is 3.09. The molecule has 0 saturated carbocycles. The summed E-state index contributed by atoms with van der Waals surface area (Å²) in [5, 5.41) is 0. The summed E-state index contributed by atoms with van der Waals surface area (Å²) in [4.78, 5) is 0. The Labute approximate surface area is 91.3 Å². The fourth-order valence-electron chi connectivity index (χ4n) is 1.45. The van der Waals surface area contributed by atoms with E-state index in [1.165, 1.54) is 32.1 Å². The van der Waals surface area contributed by atoms with Crippen molar-refractivity contribution in [1.29, 1.82) is 0 Å². The number of hydrogen-bond acceptors (Lipinski definition) is 1. The van der Waals surface area contributed by atoms with Crippen LogP contribution in [0.5, 0.6) is 0 Å². The number of unbranched alkanes of at least 4 members (excludes halogenated alkanes) is 4. The second-order valence-corrected chi connectivity index (χ2v) is 6.54. The molecule has 0 spiro atoms. The van der Waals surface area contributed by atoms with Crippen LogP contribution in [0.25, 0.3) is 0 Å². The molecule has 0 aromatic heterocycles. The molecule has 0 radical (unpaired) electrons. The first kappa shape index (κ1) is 13.9. The monoisotopic (exact) mass is 214 g/mol. The lowest BCUT2D eigenvalue weighted by Gasteiger charge is -2.11. The van der Waals surface area contributed by atoms with Crippen molar-refractivity contribution in [3.8, 4) is 0 Å². The Kier molecular flexibility index (Phi) is 9.41. The Morgan fingerprint density at radius 1 is 1.21 bits per heavy atom. The van der Waals surface area contributed by atoms with Gasteiger partial charge in [0.2, 0.25) is 0 Å². The van der Waals surface area contributed by atoms with Gasteiger partial charge in [-0.3, -0.25) is 0 Å². The molecular formula is C12H26OSi. The van der Waals surface area contributed by atoms with E-state index in [9.17, 15) is 0 Å². The van der Waals surface area contributed by atoms with Crippen LogP contribution in [0.3, 0.4) is 0 Å². The molecule has 0 heterocycles. The first-order valence-electron chi connectivity index (χ1n) is 5.99. The van der Waals surface area contributed by atoms with Gasteiger partial charge in [-0.15, -0.1) is 0 Å². The minimum Gasteiger partial charge on any atom is -0.415 e. The van der Waals surface area contributed by atoms with Crippen LogP contribution in [0.1, 0.15) is 46.0 Å². The molecule has 0 aliphatic carbocycles. The first-order valence-corrected chi connectivity index (χ1v) is 8.77. The van der Waals surface area contributed by atoms with Crippen molar-refractivity contribution in [3.63, 3.8) is 0 Å². The lowest BCUT2D eigenvalue weighted by Crippen LogP contribution is -2.15. The third kappa shape index (κ3) is 10.0. The maximum atomic E-state index is 5.73. The van der Waals surface area contributed by atoms with E-state index in [1.807, 2.05) is 0 Å². The lowest BCUT2D eigenvalue weighted by molar-refractivity contribution is 0.276. The number of allylic oxidation sites excluding steroid dienone is 1. The van der Waals surface area contributed by atoms with Gasteiger partial charge in [0, 0.05) is 0 Å². The predicted octanol–water partition coefficient (Wildman–Crippen LogP) is 3.90. The number of rotatable bonds is 8. The second kappa shape index (κ2) is 9.47. The highest BCUT2D eigenvalue weighted by Crippen LogP contribution is 2.04. The van der Waals surface area contributed by atoms with Gasteiger partial charge in [-0.2, -0.15) is 0 Å². The minimum absolute atomic E-state index is 0.327. The van der Waals surface area contributed by atoms with Crippen LogP contribution in [0.15, 0.2) is 12.2 Å². The van der Waals surface area contributed by atoms with Gasteiger partial charge in [0.15, 0.2) is 9.04 Å². The van der Waals surface area contributed by atoms with Crippen molar-refractivity contribution < 1.29 is 4.43 Å². The van der Waals surface area contributed by atoms with Crippen LogP contribution in [-0.4, -0.2) is 15.1 Å². The summed E-state index contributed by atoms with van der Waals surface area (Å²) in [6.45, 7) is 8.81. The normalized spacial score (nSPS) is 14.1. The van der Waals surface area contributed by atoms with E-state index >= 15 is 0 Å². The molecular weight excluding hydrogens is 188 g/mol. The van der Waals surface area contributed by atoms with Gasteiger partial charge in [0.05, 0.1) is 6.10 Å². The van der Waals surface area contributed by atoms with E-state index < -0.39 is 9.04 Å². The third-order valence-electron chi connectivity index (χ3n) is 2.12. The molecule has 0 aromatic rings. The molecule has 2 heteroatoms. The van der Waals surface area contributed by atoms with Crippen LogP contribution < -0.4 is 0 Å². The average Bonchev–Trinajstić information content (AvgIpc) is 2.10. The van der Waals surface area contributed by atoms with Gasteiger partial charge in [-0.05, 0) is 32.9 Å². The van der Waals surface area contributed by atoms with E-state index in [-0.39, 0.29) is 0 Å². The van der Waals surface area contributed by atoms with Crippen LogP contribution in [0.2, 0.25) is 13.1 Å². The highest BCUT2D eigenvalue weighted by atomic mass is 28.3. The zero-order chi connectivity index (χ0) is 10.8. The van der Waals surface area contributed by atoms with Crippen molar-refractivity contribution in [2.75, 3.05) is 0 Å². The molecule has 0 fully saturated rings. The molecule has 1 atom stereocenters. The van der Waals surface area contributed by atoms with Crippen LogP contribution in [-0.2, 0) is 4.43 Å².